The van der Waals surface area contributed by atoms with Crippen LogP contribution in [0.25, 0.3) is 0 Å². The summed E-state index contributed by atoms with van der Waals surface area (Å²) >= 11 is 1.48. The average molecular weight is 270 g/mol. The van der Waals surface area contributed by atoms with Crippen LogP contribution < -0.4 is 4.90 Å². The SMILES string of the molecule is CCCc1nc(N(CCOC)C(C)C)sc1C=O. The largest absolute Gasteiger partial charge is 0.383 e. The van der Waals surface area contributed by atoms with Gasteiger partial charge in [-0.15, -0.1) is 0 Å². The van der Waals surface area contributed by atoms with Crippen LogP contribution in [-0.2, 0) is 11.2 Å². The van der Waals surface area contributed by atoms with E-state index in [-0.39, 0.29) is 0 Å². The molecule has 4 nitrogen and oxygen atoms in total. The van der Waals surface area contributed by atoms with Crippen LogP contribution in [0, 0.1) is 0 Å². The normalized spacial score (nSPS) is 10.9. The Morgan fingerprint density at radius 1 is 1.50 bits per heavy atom. The zero-order valence-electron chi connectivity index (χ0n) is 11.6. The van der Waals surface area contributed by atoms with Crippen molar-refractivity contribution in [2.75, 3.05) is 25.2 Å². The smallest absolute Gasteiger partial charge is 0.186 e. The standard InChI is InChI=1S/C13H22N2O2S/c1-5-6-11-12(9-16)18-13(14-11)15(10(2)3)7-8-17-4/h9-10H,5-8H2,1-4H3. The van der Waals surface area contributed by atoms with Gasteiger partial charge in [0.2, 0.25) is 0 Å². The summed E-state index contributed by atoms with van der Waals surface area (Å²) in [6.07, 6.45) is 2.78. The summed E-state index contributed by atoms with van der Waals surface area (Å²) in [6.45, 7) is 7.80. The number of hydrogen-bond donors (Lipinski definition) is 0. The minimum Gasteiger partial charge on any atom is -0.383 e. The lowest BCUT2D eigenvalue weighted by Gasteiger charge is -2.25. The second-order valence-electron chi connectivity index (χ2n) is 4.46. The lowest BCUT2D eigenvalue weighted by molar-refractivity contribution is 0.112. The fraction of sp³-hybridized carbons (Fsp3) is 0.692. The molecular weight excluding hydrogens is 248 g/mol. The van der Waals surface area contributed by atoms with Crippen molar-refractivity contribution in [3.8, 4) is 0 Å². The van der Waals surface area contributed by atoms with Crippen molar-refractivity contribution in [3.63, 3.8) is 0 Å². The van der Waals surface area contributed by atoms with E-state index in [0.717, 1.165) is 41.4 Å². The maximum absolute atomic E-state index is 11.0. The van der Waals surface area contributed by atoms with Gasteiger partial charge in [0.25, 0.3) is 0 Å². The number of nitrogens with zero attached hydrogens (tertiary/aromatic N) is 2. The molecule has 0 saturated heterocycles. The maximum atomic E-state index is 11.0. The lowest BCUT2D eigenvalue weighted by atomic mass is 10.2. The number of aryl methyl sites for hydroxylation is 1. The first-order valence-corrected chi connectivity index (χ1v) is 7.16. The monoisotopic (exact) mass is 270 g/mol. The molecular formula is C13H22N2O2S. The quantitative estimate of drug-likeness (QED) is 0.681. The first-order chi connectivity index (χ1) is 8.63. The van der Waals surface area contributed by atoms with E-state index in [0.29, 0.717) is 12.6 Å². The Hall–Kier alpha value is -0.940. The van der Waals surface area contributed by atoms with Gasteiger partial charge in [-0.3, -0.25) is 4.79 Å². The van der Waals surface area contributed by atoms with Crippen molar-refractivity contribution in [3.05, 3.63) is 10.6 Å². The third-order valence-electron chi connectivity index (χ3n) is 2.72. The molecule has 0 N–H and O–H groups in total. The predicted molar refractivity (Wildman–Crippen MR) is 75.9 cm³/mol. The fourth-order valence-electron chi connectivity index (χ4n) is 1.75. The highest BCUT2D eigenvalue weighted by atomic mass is 32.1. The highest BCUT2D eigenvalue weighted by Gasteiger charge is 2.17. The molecule has 0 saturated carbocycles. The van der Waals surface area contributed by atoms with Gasteiger partial charge in [-0.2, -0.15) is 0 Å². The van der Waals surface area contributed by atoms with Crippen LogP contribution in [-0.4, -0.2) is 37.6 Å². The van der Waals surface area contributed by atoms with Crippen LogP contribution in [0.1, 0.15) is 42.6 Å². The highest BCUT2D eigenvalue weighted by molar-refractivity contribution is 7.17. The van der Waals surface area contributed by atoms with Gasteiger partial charge in [0.15, 0.2) is 11.4 Å². The number of ether oxygens (including phenoxy) is 1. The van der Waals surface area contributed by atoms with E-state index in [1.54, 1.807) is 7.11 Å². The first kappa shape index (κ1) is 15.1. The Morgan fingerprint density at radius 2 is 2.22 bits per heavy atom. The van der Waals surface area contributed by atoms with Gasteiger partial charge in [0, 0.05) is 19.7 Å². The number of thiazole rings is 1. The van der Waals surface area contributed by atoms with Crippen LogP contribution in [0.2, 0.25) is 0 Å². The number of methoxy groups -OCH3 is 1. The summed E-state index contributed by atoms with van der Waals surface area (Å²) in [7, 11) is 1.69. The van der Waals surface area contributed by atoms with E-state index >= 15 is 0 Å². The van der Waals surface area contributed by atoms with Crippen molar-refractivity contribution in [2.24, 2.45) is 0 Å². The molecule has 0 unspecified atom stereocenters. The summed E-state index contributed by atoms with van der Waals surface area (Å²) in [6, 6.07) is 0.347. The Labute approximate surface area is 113 Å². The Morgan fingerprint density at radius 3 is 2.72 bits per heavy atom. The summed E-state index contributed by atoms with van der Waals surface area (Å²) in [5.41, 5.74) is 0.926. The molecule has 0 radical (unpaired) electrons. The van der Waals surface area contributed by atoms with Crippen molar-refractivity contribution < 1.29 is 9.53 Å². The summed E-state index contributed by atoms with van der Waals surface area (Å²) in [4.78, 5) is 18.6. The summed E-state index contributed by atoms with van der Waals surface area (Å²) in [5.74, 6) is 0. The molecule has 1 aromatic heterocycles. The number of carbonyl (C=O) groups is 1. The molecule has 5 heteroatoms. The Kier molecular flexibility index (Phi) is 6.29. The molecule has 0 aliphatic rings. The first-order valence-electron chi connectivity index (χ1n) is 6.34. The van der Waals surface area contributed by atoms with E-state index in [1.807, 2.05) is 0 Å². The third kappa shape index (κ3) is 3.78. The molecule has 0 fully saturated rings. The molecule has 1 heterocycles. The van der Waals surface area contributed by atoms with Crippen molar-refractivity contribution in [1.82, 2.24) is 4.98 Å². The lowest BCUT2D eigenvalue weighted by Crippen LogP contribution is -2.33. The van der Waals surface area contributed by atoms with Gasteiger partial charge in [-0.25, -0.2) is 4.98 Å². The Bertz CT molecular complexity index is 377. The van der Waals surface area contributed by atoms with Gasteiger partial charge in [-0.05, 0) is 20.3 Å². The number of carbonyl (C=O) groups excluding carboxylic acids is 1. The zero-order chi connectivity index (χ0) is 13.5. The number of aldehydes is 1. The number of rotatable bonds is 8. The molecule has 18 heavy (non-hydrogen) atoms. The number of hydrogen-bond acceptors (Lipinski definition) is 5. The Balaban J connectivity index is 2.93. The molecule has 0 aliphatic carbocycles. The fourth-order valence-corrected chi connectivity index (χ4v) is 2.83. The van der Waals surface area contributed by atoms with Gasteiger partial charge in [0.05, 0.1) is 17.2 Å². The van der Waals surface area contributed by atoms with Crippen LogP contribution in [0.3, 0.4) is 0 Å². The molecule has 102 valence electrons. The molecule has 0 aliphatic heterocycles. The van der Waals surface area contributed by atoms with Crippen LogP contribution in [0.15, 0.2) is 0 Å². The van der Waals surface area contributed by atoms with E-state index in [4.69, 9.17) is 4.74 Å². The maximum Gasteiger partial charge on any atom is 0.186 e. The van der Waals surface area contributed by atoms with E-state index in [9.17, 15) is 4.79 Å². The van der Waals surface area contributed by atoms with Gasteiger partial charge < -0.3 is 9.64 Å². The molecule has 0 amide bonds. The van der Waals surface area contributed by atoms with Crippen molar-refractivity contribution in [1.29, 1.82) is 0 Å². The molecule has 0 aromatic carbocycles. The van der Waals surface area contributed by atoms with Crippen molar-refractivity contribution in [2.45, 2.75) is 39.7 Å². The molecule has 0 bridgehead atoms. The van der Waals surface area contributed by atoms with Crippen molar-refractivity contribution >= 4 is 22.8 Å². The highest BCUT2D eigenvalue weighted by Crippen LogP contribution is 2.27. The van der Waals surface area contributed by atoms with Gasteiger partial charge in [-0.1, -0.05) is 24.7 Å². The summed E-state index contributed by atoms with van der Waals surface area (Å²) < 4.78 is 5.12. The number of aromatic nitrogens is 1. The van der Waals surface area contributed by atoms with Crippen LogP contribution in [0.4, 0.5) is 5.13 Å². The predicted octanol–water partition coefficient (Wildman–Crippen LogP) is 2.77. The van der Waals surface area contributed by atoms with Crippen LogP contribution >= 0.6 is 11.3 Å². The third-order valence-corrected chi connectivity index (χ3v) is 3.78. The molecule has 1 rings (SSSR count). The van der Waals surface area contributed by atoms with Gasteiger partial charge >= 0.3 is 0 Å². The van der Waals surface area contributed by atoms with E-state index in [2.05, 4.69) is 30.7 Å². The minimum absolute atomic E-state index is 0.347. The molecule has 0 spiro atoms. The second kappa shape index (κ2) is 7.48. The topological polar surface area (TPSA) is 42.4 Å². The average Bonchev–Trinajstić information content (AvgIpc) is 2.73. The second-order valence-corrected chi connectivity index (χ2v) is 5.46. The van der Waals surface area contributed by atoms with Crippen LogP contribution in [0.5, 0.6) is 0 Å². The van der Waals surface area contributed by atoms with E-state index < -0.39 is 0 Å². The number of anilines is 1. The minimum atomic E-state index is 0.347. The molecule has 0 atom stereocenters. The zero-order valence-corrected chi connectivity index (χ0v) is 12.4. The van der Waals surface area contributed by atoms with E-state index in [1.165, 1.54) is 11.3 Å². The molecule has 1 aromatic rings. The van der Waals surface area contributed by atoms with Gasteiger partial charge in [0.1, 0.15) is 0 Å². The summed E-state index contributed by atoms with van der Waals surface area (Å²) in [5, 5.41) is 0.924.